The van der Waals surface area contributed by atoms with Gasteiger partial charge in [-0.3, -0.25) is 4.68 Å². The number of benzene rings is 2. The monoisotopic (exact) mass is 378 g/mol. The van der Waals surface area contributed by atoms with Crippen LogP contribution >= 0.6 is 0 Å². The minimum atomic E-state index is -0.340. The largest absolute Gasteiger partial charge is 0.497 e. The SMILES string of the molecule is COc1ccc(COCCCn2nc3c(c2C)c(=O)oc2ccccc23)cc1. The third kappa shape index (κ3) is 3.51. The van der Waals surface area contributed by atoms with E-state index in [1.807, 2.05) is 54.1 Å². The Kier molecular flexibility index (Phi) is 5.12. The van der Waals surface area contributed by atoms with Crippen molar-refractivity contribution in [1.29, 1.82) is 0 Å². The van der Waals surface area contributed by atoms with E-state index in [0.29, 0.717) is 36.2 Å². The van der Waals surface area contributed by atoms with E-state index in [4.69, 9.17) is 13.9 Å². The molecule has 2 heterocycles. The van der Waals surface area contributed by atoms with Crippen LogP contribution in [0.15, 0.2) is 57.7 Å². The second-order valence-corrected chi connectivity index (χ2v) is 6.67. The summed E-state index contributed by atoms with van der Waals surface area (Å²) >= 11 is 0. The number of ether oxygens (including phenoxy) is 2. The third-order valence-corrected chi connectivity index (χ3v) is 4.84. The van der Waals surface area contributed by atoms with Crippen LogP contribution in [0.3, 0.4) is 0 Å². The summed E-state index contributed by atoms with van der Waals surface area (Å²) in [5, 5.41) is 6.07. The molecule has 2 aromatic carbocycles. The van der Waals surface area contributed by atoms with Gasteiger partial charge in [-0.05, 0) is 43.2 Å². The van der Waals surface area contributed by atoms with Gasteiger partial charge in [0.25, 0.3) is 0 Å². The normalized spacial score (nSPS) is 11.4. The number of fused-ring (bicyclic) bond motifs is 3. The highest BCUT2D eigenvalue weighted by atomic mass is 16.5. The standard InChI is InChI=1S/C22H22N2O4/c1-15-20-21(18-6-3-4-7-19(18)28-22(20)25)23-24(15)12-5-13-27-14-16-8-10-17(26-2)11-9-16/h3-4,6-11H,5,12-14H2,1-2H3. The van der Waals surface area contributed by atoms with Crippen LogP contribution in [-0.4, -0.2) is 23.5 Å². The van der Waals surface area contributed by atoms with Gasteiger partial charge in [0, 0.05) is 18.5 Å². The number of rotatable bonds is 7. The number of hydrogen-bond donors (Lipinski definition) is 0. The molecule has 0 amide bonds. The molecule has 0 radical (unpaired) electrons. The van der Waals surface area contributed by atoms with E-state index in [0.717, 1.165) is 28.8 Å². The summed E-state index contributed by atoms with van der Waals surface area (Å²) in [6.07, 6.45) is 0.800. The molecule has 0 fully saturated rings. The van der Waals surface area contributed by atoms with Crippen LogP contribution in [0.4, 0.5) is 0 Å². The van der Waals surface area contributed by atoms with Crippen molar-refractivity contribution < 1.29 is 13.9 Å². The van der Waals surface area contributed by atoms with Crippen LogP contribution in [0.25, 0.3) is 21.9 Å². The summed E-state index contributed by atoms with van der Waals surface area (Å²) in [7, 11) is 1.65. The molecule has 0 spiro atoms. The van der Waals surface area contributed by atoms with Gasteiger partial charge in [-0.2, -0.15) is 5.10 Å². The number of aryl methyl sites for hydroxylation is 2. The lowest BCUT2D eigenvalue weighted by molar-refractivity contribution is 0.115. The molecular formula is C22H22N2O4. The summed E-state index contributed by atoms with van der Waals surface area (Å²) in [6, 6.07) is 15.3. The van der Waals surface area contributed by atoms with Gasteiger partial charge in [0.05, 0.1) is 19.4 Å². The first-order valence-electron chi connectivity index (χ1n) is 9.27. The smallest absolute Gasteiger partial charge is 0.347 e. The van der Waals surface area contributed by atoms with Gasteiger partial charge in [0.1, 0.15) is 22.2 Å². The zero-order chi connectivity index (χ0) is 19.5. The average molecular weight is 378 g/mol. The maximum atomic E-state index is 12.4. The molecule has 4 aromatic rings. The Morgan fingerprint density at radius 3 is 2.68 bits per heavy atom. The van der Waals surface area contributed by atoms with E-state index in [1.165, 1.54) is 0 Å². The molecule has 4 rings (SSSR count). The van der Waals surface area contributed by atoms with Crippen LogP contribution in [0.2, 0.25) is 0 Å². The lowest BCUT2D eigenvalue weighted by atomic mass is 10.2. The highest BCUT2D eigenvalue weighted by Crippen LogP contribution is 2.23. The molecule has 6 heteroatoms. The molecule has 0 bridgehead atoms. The number of aromatic nitrogens is 2. The van der Waals surface area contributed by atoms with Crippen LogP contribution in [0.1, 0.15) is 17.7 Å². The van der Waals surface area contributed by atoms with Crippen molar-refractivity contribution in [1.82, 2.24) is 9.78 Å². The van der Waals surface area contributed by atoms with Crippen molar-refractivity contribution in [2.45, 2.75) is 26.5 Å². The van der Waals surface area contributed by atoms with Crippen molar-refractivity contribution in [3.63, 3.8) is 0 Å². The maximum absolute atomic E-state index is 12.4. The number of methoxy groups -OCH3 is 1. The molecule has 144 valence electrons. The summed E-state index contributed by atoms with van der Waals surface area (Å²) in [5.41, 5.74) is 2.85. The maximum Gasteiger partial charge on any atom is 0.347 e. The first-order chi connectivity index (χ1) is 13.7. The quantitative estimate of drug-likeness (QED) is 0.358. The van der Waals surface area contributed by atoms with E-state index in [-0.39, 0.29) is 5.63 Å². The van der Waals surface area contributed by atoms with E-state index in [9.17, 15) is 4.79 Å². The van der Waals surface area contributed by atoms with Crippen LogP contribution in [0, 0.1) is 6.92 Å². The third-order valence-electron chi connectivity index (χ3n) is 4.84. The molecular weight excluding hydrogens is 356 g/mol. The van der Waals surface area contributed by atoms with E-state index >= 15 is 0 Å². The fraction of sp³-hybridized carbons (Fsp3) is 0.273. The summed E-state index contributed by atoms with van der Waals surface area (Å²) in [4.78, 5) is 12.4. The zero-order valence-electron chi connectivity index (χ0n) is 16.0. The van der Waals surface area contributed by atoms with Gasteiger partial charge in [0.2, 0.25) is 0 Å². The van der Waals surface area contributed by atoms with Crippen molar-refractivity contribution >= 4 is 21.9 Å². The van der Waals surface area contributed by atoms with Gasteiger partial charge in [-0.25, -0.2) is 4.79 Å². The van der Waals surface area contributed by atoms with Gasteiger partial charge < -0.3 is 13.9 Å². The second kappa shape index (κ2) is 7.86. The average Bonchev–Trinajstić information content (AvgIpc) is 3.05. The van der Waals surface area contributed by atoms with Crippen molar-refractivity contribution in [3.8, 4) is 5.75 Å². The predicted molar refractivity (Wildman–Crippen MR) is 108 cm³/mol. The molecule has 0 unspecified atom stereocenters. The van der Waals surface area contributed by atoms with Crippen LogP contribution < -0.4 is 10.4 Å². The number of nitrogens with zero attached hydrogens (tertiary/aromatic N) is 2. The highest BCUT2D eigenvalue weighted by molar-refractivity contribution is 6.02. The Labute approximate surface area is 162 Å². The summed E-state index contributed by atoms with van der Waals surface area (Å²) in [5.74, 6) is 0.835. The van der Waals surface area contributed by atoms with E-state index in [1.54, 1.807) is 13.2 Å². The van der Waals surface area contributed by atoms with Crippen molar-refractivity contribution in [2.75, 3.05) is 13.7 Å². The summed E-state index contributed by atoms with van der Waals surface area (Å²) < 4.78 is 18.2. The van der Waals surface area contributed by atoms with E-state index < -0.39 is 0 Å². The molecule has 0 aliphatic carbocycles. The molecule has 2 aromatic heterocycles. The van der Waals surface area contributed by atoms with Gasteiger partial charge in [0.15, 0.2) is 0 Å². The Balaban J connectivity index is 1.42. The van der Waals surface area contributed by atoms with Crippen molar-refractivity contribution in [2.24, 2.45) is 0 Å². The molecule has 0 aliphatic heterocycles. The van der Waals surface area contributed by atoms with Gasteiger partial charge in [-0.15, -0.1) is 0 Å². The molecule has 0 aliphatic rings. The molecule has 0 saturated carbocycles. The van der Waals surface area contributed by atoms with Gasteiger partial charge >= 0.3 is 5.63 Å². The topological polar surface area (TPSA) is 66.5 Å². The molecule has 6 nitrogen and oxygen atoms in total. The lowest BCUT2D eigenvalue weighted by Crippen LogP contribution is -2.06. The number of para-hydroxylation sites is 1. The number of hydrogen-bond acceptors (Lipinski definition) is 5. The molecule has 0 N–H and O–H groups in total. The minimum absolute atomic E-state index is 0.340. The second-order valence-electron chi connectivity index (χ2n) is 6.67. The molecule has 0 atom stereocenters. The Morgan fingerprint density at radius 2 is 1.89 bits per heavy atom. The Hall–Kier alpha value is -3.12. The summed E-state index contributed by atoms with van der Waals surface area (Å²) in [6.45, 7) is 3.74. The minimum Gasteiger partial charge on any atom is -0.497 e. The fourth-order valence-electron chi connectivity index (χ4n) is 3.33. The first-order valence-corrected chi connectivity index (χ1v) is 9.27. The first kappa shape index (κ1) is 18.3. The molecule has 28 heavy (non-hydrogen) atoms. The van der Waals surface area contributed by atoms with Crippen LogP contribution in [0.5, 0.6) is 5.75 Å². The van der Waals surface area contributed by atoms with Crippen molar-refractivity contribution in [3.05, 3.63) is 70.2 Å². The van der Waals surface area contributed by atoms with Gasteiger partial charge in [-0.1, -0.05) is 24.3 Å². The lowest BCUT2D eigenvalue weighted by Gasteiger charge is -2.07. The predicted octanol–water partition coefficient (Wildman–Crippen LogP) is 4.07. The Morgan fingerprint density at radius 1 is 1.11 bits per heavy atom. The fourth-order valence-corrected chi connectivity index (χ4v) is 3.33. The zero-order valence-corrected chi connectivity index (χ0v) is 16.0. The highest BCUT2D eigenvalue weighted by Gasteiger charge is 2.15. The molecule has 0 saturated heterocycles. The van der Waals surface area contributed by atoms with Crippen LogP contribution in [-0.2, 0) is 17.9 Å². The van der Waals surface area contributed by atoms with E-state index in [2.05, 4.69) is 5.10 Å². The Bertz CT molecular complexity index is 1160.